The number of amides is 3. The van der Waals surface area contributed by atoms with Crippen molar-refractivity contribution in [2.24, 2.45) is 0 Å². The first-order chi connectivity index (χ1) is 7.22. The molecule has 0 saturated carbocycles. The van der Waals surface area contributed by atoms with Gasteiger partial charge in [-0.1, -0.05) is 0 Å². The summed E-state index contributed by atoms with van der Waals surface area (Å²) in [6.45, 7) is 4.51. The predicted molar refractivity (Wildman–Crippen MR) is 52.5 cm³/mol. The first-order valence-corrected chi connectivity index (χ1v) is 5.18. The third-order valence-corrected chi connectivity index (χ3v) is 2.76. The lowest BCUT2D eigenvalue weighted by Gasteiger charge is -2.35. The second-order valence-electron chi connectivity index (χ2n) is 3.68. The van der Waals surface area contributed by atoms with Crippen molar-refractivity contribution in [2.75, 3.05) is 32.8 Å². The minimum Gasteiger partial charge on any atom is -0.450 e. The molecule has 2 heterocycles. The van der Waals surface area contributed by atoms with Crippen LogP contribution in [-0.2, 0) is 4.74 Å². The van der Waals surface area contributed by atoms with Gasteiger partial charge in [0.2, 0.25) is 0 Å². The summed E-state index contributed by atoms with van der Waals surface area (Å²) in [5.74, 6) is 0. The van der Waals surface area contributed by atoms with Gasteiger partial charge in [0.25, 0.3) is 0 Å². The van der Waals surface area contributed by atoms with Gasteiger partial charge in [-0.2, -0.15) is 0 Å². The molecule has 6 heteroatoms. The predicted octanol–water partition coefficient (Wildman–Crippen LogP) is -0.148. The van der Waals surface area contributed by atoms with Gasteiger partial charge < -0.3 is 19.9 Å². The summed E-state index contributed by atoms with van der Waals surface area (Å²) in [6, 6.07) is 0.0826. The molecule has 3 amide bonds. The standard InChI is InChI=1S/C9H15N3O3/c1-2-15-9(14)11-3-4-12-7(6-11)5-10-8(12)13/h7H,2-6H2,1H3,(H,10,13). The highest BCUT2D eigenvalue weighted by atomic mass is 16.6. The summed E-state index contributed by atoms with van der Waals surface area (Å²) in [6.07, 6.45) is -0.281. The highest BCUT2D eigenvalue weighted by Gasteiger charge is 2.37. The van der Waals surface area contributed by atoms with E-state index in [0.29, 0.717) is 32.8 Å². The van der Waals surface area contributed by atoms with E-state index < -0.39 is 0 Å². The van der Waals surface area contributed by atoms with Gasteiger partial charge in [-0.15, -0.1) is 0 Å². The molecule has 2 aliphatic heterocycles. The Labute approximate surface area is 88.2 Å². The number of ether oxygens (including phenoxy) is 1. The first-order valence-electron chi connectivity index (χ1n) is 5.18. The van der Waals surface area contributed by atoms with Crippen LogP contribution in [0.3, 0.4) is 0 Å². The normalized spacial score (nSPS) is 24.9. The van der Waals surface area contributed by atoms with Crippen molar-refractivity contribution in [1.29, 1.82) is 0 Å². The molecule has 0 aromatic rings. The number of carbonyl (C=O) groups is 2. The topological polar surface area (TPSA) is 61.9 Å². The van der Waals surface area contributed by atoms with Gasteiger partial charge in [-0.25, -0.2) is 9.59 Å². The van der Waals surface area contributed by atoms with Gasteiger partial charge in [0.15, 0.2) is 0 Å². The molecule has 2 saturated heterocycles. The molecular formula is C9H15N3O3. The summed E-state index contributed by atoms with van der Waals surface area (Å²) >= 11 is 0. The van der Waals surface area contributed by atoms with Gasteiger partial charge in [0.05, 0.1) is 12.6 Å². The maximum atomic E-state index is 11.4. The van der Waals surface area contributed by atoms with E-state index in [4.69, 9.17) is 4.74 Å². The molecule has 84 valence electrons. The quantitative estimate of drug-likeness (QED) is 0.659. The van der Waals surface area contributed by atoms with E-state index in [1.54, 1.807) is 16.7 Å². The fourth-order valence-corrected chi connectivity index (χ4v) is 1.98. The van der Waals surface area contributed by atoms with Crippen molar-refractivity contribution in [3.63, 3.8) is 0 Å². The molecule has 0 aromatic carbocycles. The molecule has 0 aromatic heterocycles. The minimum atomic E-state index is -0.281. The van der Waals surface area contributed by atoms with Crippen LogP contribution < -0.4 is 5.32 Å². The fourth-order valence-electron chi connectivity index (χ4n) is 1.98. The van der Waals surface area contributed by atoms with Gasteiger partial charge in [-0.05, 0) is 6.92 Å². The third-order valence-electron chi connectivity index (χ3n) is 2.76. The molecular weight excluding hydrogens is 198 g/mol. The molecule has 15 heavy (non-hydrogen) atoms. The Morgan fingerprint density at radius 2 is 2.40 bits per heavy atom. The summed E-state index contributed by atoms with van der Waals surface area (Å²) in [4.78, 5) is 26.2. The summed E-state index contributed by atoms with van der Waals surface area (Å²) in [5.41, 5.74) is 0. The molecule has 1 N–H and O–H groups in total. The van der Waals surface area contributed by atoms with E-state index in [1.165, 1.54) is 0 Å². The SMILES string of the molecule is CCOC(=O)N1CCN2C(=O)NCC2C1. The van der Waals surface area contributed by atoms with Crippen LogP contribution in [0.2, 0.25) is 0 Å². The molecule has 1 unspecified atom stereocenters. The van der Waals surface area contributed by atoms with Crippen molar-refractivity contribution in [1.82, 2.24) is 15.1 Å². The van der Waals surface area contributed by atoms with Gasteiger partial charge in [0.1, 0.15) is 0 Å². The Morgan fingerprint density at radius 1 is 1.60 bits per heavy atom. The number of rotatable bonds is 1. The van der Waals surface area contributed by atoms with E-state index in [-0.39, 0.29) is 18.2 Å². The Hall–Kier alpha value is -1.46. The second-order valence-corrected chi connectivity index (χ2v) is 3.68. The number of urea groups is 1. The lowest BCUT2D eigenvalue weighted by Crippen LogP contribution is -2.53. The molecule has 2 aliphatic rings. The molecule has 0 spiro atoms. The van der Waals surface area contributed by atoms with Crippen LogP contribution in [0.1, 0.15) is 6.92 Å². The van der Waals surface area contributed by atoms with Crippen LogP contribution in [0, 0.1) is 0 Å². The molecule has 2 rings (SSSR count). The smallest absolute Gasteiger partial charge is 0.409 e. The fraction of sp³-hybridized carbons (Fsp3) is 0.778. The van der Waals surface area contributed by atoms with Gasteiger partial charge in [0, 0.05) is 26.2 Å². The maximum Gasteiger partial charge on any atom is 0.409 e. The third kappa shape index (κ3) is 1.84. The lowest BCUT2D eigenvalue weighted by atomic mass is 10.2. The van der Waals surface area contributed by atoms with Crippen molar-refractivity contribution < 1.29 is 14.3 Å². The molecule has 2 fully saturated rings. The van der Waals surface area contributed by atoms with Crippen LogP contribution in [0.25, 0.3) is 0 Å². The summed E-state index contributed by atoms with van der Waals surface area (Å²) in [7, 11) is 0. The van der Waals surface area contributed by atoms with E-state index >= 15 is 0 Å². The monoisotopic (exact) mass is 213 g/mol. The average molecular weight is 213 g/mol. The number of fused-ring (bicyclic) bond motifs is 1. The number of carbonyl (C=O) groups excluding carboxylic acids is 2. The molecule has 0 bridgehead atoms. The Bertz CT molecular complexity index is 282. The second kappa shape index (κ2) is 3.96. The number of hydrogen-bond acceptors (Lipinski definition) is 3. The average Bonchev–Trinajstić information content (AvgIpc) is 2.60. The Morgan fingerprint density at radius 3 is 3.13 bits per heavy atom. The largest absolute Gasteiger partial charge is 0.450 e. The highest BCUT2D eigenvalue weighted by Crippen LogP contribution is 2.14. The van der Waals surface area contributed by atoms with E-state index in [0.717, 1.165) is 0 Å². The van der Waals surface area contributed by atoms with Crippen molar-refractivity contribution in [3.05, 3.63) is 0 Å². The highest BCUT2D eigenvalue weighted by molar-refractivity contribution is 5.77. The molecule has 1 atom stereocenters. The van der Waals surface area contributed by atoms with Gasteiger partial charge >= 0.3 is 12.1 Å². The van der Waals surface area contributed by atoms with E-state index in [9.17, 15) is 9.59 Å². The Balaban J connectivity index is 1.93. The number of nitrogens with zero attached hydrogens (tertiary/aromatic N) is 2. The first kappa shape index (κ1) is 10.1. The van der Waals surface area contributed by atoms with Gasteiger partial charge in [-0.3, -0.25) is 0 Å². The van der Waals surface area contributed by atoms with Crippen LogP contribution in [0.4, 0.5) is 9.59 Å². The number of nitrogens with one attached hydrogen (secondary N) is 1. The molecule has 6 nitrogen and oxygen atoms in total. The minimum absolute atomic E-state index is 0.0245. The van der Waals surface area contributed by atoms with Crippen LogP contribution in [0.5, 0.6) is 0 Å². The zero-order chi connectivity index (χ0) is 10.8. The number of piperazine rings is 1. The van der Waals surface area contributed by atoms with Crippen LogP contribution >= 0.6 is 0 Å². The molecule has 0 radical (unpaired) electrons. The number of hydrogen-bond donors (Lipinski definition) is 1. The van der Waals surface area contributed by atoms with E-state index in [1.807, 2.05) is 0 Å². The molecule has 0 aliphatic carbocycles. The van der Waals surface area contributed by atoms with Crippen molar-refractivity contribution in [2.45, 2.75) is 13.0 Å². The summed E-state index contributed by atoms with van der Waals surface area (Å²) in [5, 5.41) is 2.76. The zero-order valence-electron chi connectivity index (χ0n) is 8.73. The zero-order valence-corrected chi connectivity index (χ0v) is 8.73. The summed E-state index contributed by atoms with van der Waals surface area (Å²) < 4.78 is 4.92. The lowest BCUT2D eigenvalue weighted by molar-refractivity contribution is 0.0757. The maximum absolute atomic E-state index is 11.4. The van der Waals surface area contributed by atoms with Crippen LogP contribution in [-0.4, -0.2) is 60.8 Å². The Kier molecular flexibility index (Phi) is 2.66. The van der Waals surface area contributed by atoms with Crippen LogP contribution in [0.15, 0.2) is 0 Å². The van der Waals surface area contributed by atoms with Crippen molar-refractivity contribution in [3.8, 4) is 0 Å². The van der Waals surface area contributed by atoms with Crippen molar-refractivity contribution >= 4 is 12.1 Å². The van der Waals surface area contributed by atoms with E-state index in [2.05, 4.69) is 5.32 Å².